The fraction of sp³-hybridized carbons (Fsp3) is 0.353. The SMILES string of the molecule is CN(C)CCOc1ccc(C2(O)C=CC(C=O)=CC2)cc1. The molecular formula is C17H21NO3. The highest BCUT2D eigenvalue weighted by Crippen LogP contribution is 2.32. The quantitative estimate of drug-likeness (QED) is 0.812. The van der Waals surface area contributed by atoms with E-state index in [2.05, 4.69) is 4.90 Å². The molecule has 0 aliphatic heterocycles. The molecule has 0 heterocycles. The Morgan fingerprint density at radius 1 is 1.33 bits per heavy atom. The topological polar surface area (TPSA) is 49.8 Å². The Balaban J connectivity index is 2.01. The van der Waals surface area contributed by atoms with Gasteiger partial charge in [-0.25, -0.2) is 0 Å². The Bertz CT molecular complexity index is 546. The van der Waals surface area contributed by atoms with Gasteiger partial charge in [0.1, 0.15) is 24.2 Å². The lowest BCUT2D eigenvalue weighted by atomic mass is 9.86. The Morgan fingerprint density at radius 3 is 2.57 bits per heavy atom. The first-order chi connectivity index (χ1) is 10.0. The van der Waals surface area contributed by atoms with Crippen LogP contribution in [0.3, 0.4) is 0 Å². The van der Waals surface area contributed by atoms with E-state index in [9.17, 15) is 9.90 Å². The zero-order valence-corrected chi connectivity index (χ0v) is 12.5. The molecule has 4 nitrogen and oxygen atoms in total. The van der Waals surface area contributed by atoms with Crippen LogP contribution in [0.5, 0.6) is 5.75 Å². The van der Waals surface area contributed by atoms with Gasteiger partial charge in [-0.2, -0.15) is 0 Å². The molecule has 0 aromatic heterocycles. The predicted molar refractivity (Wildman–Crippen MR) is 82.3 cm³/mol. The van der Waals surface area contributed by atoms with Crippen LogP contribution in [0.15, 0.2) is 48.1 Å². The number of likely N-dealkylation sites (N-methyl/N-ethyl adjacent to an activating group) is 1. The largest absolute Gasteiger partial charge is 0.492 e. The highest BCUT2D eigenvalue weighted by atomic mass is 16.5. The highest BCUT2D eigenvalue weighted by molar-refractivity contribution is 5.78. The minimum absolute atomic E-state index is 0.401. The first kappa shape index (κ1) is 15.5. The van der Waals surface area contributed by atoms with Gasteiger partial charge in [0, 0.05) is 18.5 Å². The van der Waals surface area contributed by atoms with Crippen molar-refractivity contribution >= 4 is 6.29 Å². The Kier molecular flexibility index (Phi) is 4.94. The number of hydrogen-bond donors (Lipinski definition) is 1. The standard InChI is InChI=1S/C17H21NO3/c1-18(2)11-12-21-16-5-3-15(4-6-16)17(20)9-7-14(13-19)8-10-17/h3-9,13,20H,10-12H2,1-2H3. The Morgan fingerprint density at radius 2 is 2.05 bits per heavy atom. The van der Waals surface area contributed by atoms with E-state index in [1.165, 1.54) is 0 Å². The van der Waals surface area contributed by atoms with Crippen molar-refractivity contribution in [2.75, 3.05) is 27.2 Å². The lowest BCUT2D eigenvalue weighted by Crippen LogP contribution is -2.24. The van der Waals surface area contributed by atoms with Crippen molar-refractivity contribution in [2.45, 2.75) is 12.0 Å². The first-order valence-corrected chi connectivity index (χ1v) is 6.98. The molecule has 1 aliphatic rings. The number of benzene rings is 1. The van der Waals surface area contributed by atoms with Crippen LogP contribution in [0.25, 0.3) is 0 Å². The predicted octanol–water partition coefficient (Wildman–Crippen LogP) is 1.90. The van der Waals surface area contributed by atoms with Crippen LogP contribution in [0.1, 0.15) is 12.0 Å². The number of nitrogens with zero attached hydrogens (tertiary/aromatic N) is 1. The van der Waals surface area contributed by atoms with Crippen molar-refractivity contribution in [1.82, 2.24) is 4.90 Å². The lowest BCUT2D eigenvalue weighted by molar-refractivity contribution is -0.104. The van der Waals surface area contributed by atoms with Crippen LogP contribution in [0.2, 0.25) is 0 Å². The molecule has 4 heteroatoms. The molecule has 112 valence electrons. The van der Waals surface area contributed by atoms with E-state index in [-0.39, 0.29) is 0 Å². The van der Waals surface area contributed by atoms with E-state index < -0.39 is 5.60 Å². The molecule has 0 radical (unpaired) electrons. The van der Waals surface area contributed by atoms with Gasteiger partial charge >= 0.3 is 0 Å². The second kappa shape index (κ2) is 6.70. The number of carbonyl (C=O) groups excluding carboxylic acids is 1. The molecule has 0 fully saturated rings. The molecule has 0 saturated carbocycles. The third-order valence-electron chi connectivity index (χ3n) is 3.50. The van der Waals surface area contributed by atoms with Gasteiger partial charge in [0.25, 0.3) is 0 Å². The number of aliphatic hydroxyl groups is 1. The van der Waals surface area contributed by atoms with Gasteiger partial charge in [-0.05, 0) is 37.9 Å². The number of carbonyl (C=O) groups is 1. The average molecular weight is 287 g/mol. The van der Waals surface area contributed by atoms with Crippen LogP contribution < -0.4 is 4.74 Å². The highest BCUT2D eigenvalue weighted by Gasteiger charge is 2.27. The molecule has 1 atom stereocenters. The van der Waals surface area contributed by atoms with Crippen molar-refractivity contribution in [3.05, 3.63) is 53.6 Å². The van der Waals surface area contributed by atoms with Crippen molar-refractivity contribution in [3.63, 3.8) is 0 Å². The van der Waals surface area contributed by atoms with Crippen LogP contribution in [-0.2, 0) is 10.4 Å². The smallest absolute Gasteiger partial charge is 0.149 e. The van der Waals surface area contributed by atoms with Crippen molar-refractivity contribution in [2.24, 2.45) is 0 Å². The van der Waals surface area contributed by atoms with Crippen molar-refractivity contribution in [3.8, 4) is 5.75 Å². The van der Waals surface area contributed by atoms with Gasteiger partial charge in [-0.15, -0.1) is 0 Å². The van der Waals surface area contributed by atoms with E-state index >= 15 is 0 Å². The van der Waals surface area contributed by atoms with E-state index in [0.717, 1.165) is 24.1 Å². The molecule has 0 amide bonds. The summed E-state index contributed by atoms with van der Waals surface area (Å²) in [4.78, 5) is 12.7. The number of ether oxygens (including phenoxy) is 1. The molecule has 1 aliphatic carbocycles. The average Bonchev–Trinajstić information content (AvgIpc) is 2.48. The van der Waals surface area contributed by atoms with Crippen LogP contribution in [0, 0.1) is 0 Å². The summed E-state index contributed by atoms with van der Waals surface area (Å²) in [5.74, 6) is 0.785. The zero-order valence-electron chi connectivity index (χ0n) is 12.5. The summed E-state index contributed by atoms with van der Waals surface area (Å²) >= 11 is 0. The first-order valence-electron chi connectivity index (χ1n) is 6.98. The fourth-order valence-electron chi connectivity index (χ4n) is 2.13. The van der Waals surface area contributed by atoms with Gasteiger partial charge in [-0.3, -0.25) is 4.79 Å². The van der Waals surface area contributed by atoms with Gasteiger partial charge in [0.15, 0.2) is 0 Å². The Hall–Kier alpha value is -1.91. The molecule has 0 spiro atoms. The number of hydrogen-bond acceptors (Lipinski definition) is 4. The molecule has 2 rings (SSSR count). The minimum atomic E-state index is -1.05. The van der Waals surface area contributed by atoms with E-state index in [4.69, 9.17) is 4.74 Å². The third kappa shape index (κ3) is 4.03. The summed E-state index contributed by atoms with van der Waals surface area (Å²) in [6, 6.07) is 7.43. The number of aldehydes is 1. The summed E-state index contributed by atoms with van der Waals surface area (Å²) in [7, 11) is 4.00. The summed E-state index contributed by atoms with van der Waals surface area (Å²) < 4.78 is 5.63. The van der Waals surface area contributed by atoms with Crippen molar-refractivity contribution in [1.29, 1.82) is 0 Å². The molecule has 1 N–H and O–H groups in total. The number of rotatable bonds is 6. The van der Waals surface area contributed by atoms with E-state index in [1.54, 1.807) is 18.2 Å². The van der Waals surface area contributed by atoms with Gasteiger partial charge in [0.05, 0.1) is 0 Å². The maximum absolute atomic E-state index is 10.7. The van der Waals surface area contributed by atoms with Crippen LogP contribution >= 0.6 is 0 Å². The van der Waals surface area contributed by atoms with E-state index in [1.807, 2.05) is 38.4 Å². The van der Waals surface area contributed by atoms with Crippen LogP contribution in [-0.4, -0.2) is 43.5 Å². The maximum Gasteiger partial charge on any atom is 0.149 e. The molecular weight excluding hydrogens is 266 g/mol. The van der Waals surface area contributed by atoms with Gasteiger partial charge in [-0.1, -0.05) is 24.3 Å². The van der Waals surface area contributed by atoms with E-state index in [0.29, 0.717) is 18.6 Å². The summed E-state index contributed by atoms with van der Waals surface area (Å²) in [6.07, 6.45) is 6.25. The second-order valence-corrected chi connectivity index (χ2v) is 5.46. The normalized spacial score (nSPS) is 21.2. The van der Waals surface area contributed by atoms with Gasteiger partial charge in [0.2, 0.25) is 0 Å². The van der Waals surface area contributed by atoms with Crippen molar-refractivity contribution < 1.29 is 14.6 Å². The molecule has 1 aromatic carbocycles. The molecule has 0 bridgehead atoms. The summed E-state index contributed by atoms with van der Waals surface area (Å²) in [5.41, 5.74) is 0.345. The molecule has 1 unspecified atom stereocenters. The lowest BCUT2D eigenvalue weighted by Gasteiger charge is -2.26. The maximum atomic E-state index is 10.7. The Labute approximate surface area is 125 Å². The third-order valence-corrected chi connectivity index (χ3v) is 3.50. The number of allylic oxidation sites excluding steroid dienone is 2. The summed E-state index contributed by atoms with van der Waals surface area (Å²) in [6.45, 7) is 1.48. The van der Waals surface area contributed by atoms with Gasteiger partial charge < -0.3 is 14.7 Å². The minimum Gasteiger partial charge on any atom is -0.492 e. The molecule has 21 heavy (non-hydrogen) atoms. The van der Waals surface area contributed by atoms with Crippen LogP contribution in [0.4, 0.5) is 0 Å². The monoisotopic (exact) mass is 287 g/mol. The second-order valence-electron chi connectivity index (χ2n) is 5.46. The molecule has 0 saturated heterocycles. The summed E-state index contributed by atoms with van der Waals surface area (Å²) in [5, 5.41) is 10.6. The fourth-order valence-corrected chi connectivity index (χ4v) is 2.13. The molecule has 1 aromatic rings. The zero-order chi connectivity index (χ0) is 15.3.